The van der Waals surface area contributed by atoms with Gasteiger partial charge in [0, 0.05) is 0 Å². The number of hydrogen-bond donors (Lipinski definition) is 2. The molecule has 0 heterocycles. The molecule has 1 aliphatic rings. The van der Waals surface area contributed by atoms with Crippen molar-refractivity contribution in [1.29, 1.82) is 0 Å². The van der Waals surface area contributed by atoms with E-state index in [2.05, 4.69) is 23.8 Å². The van der Waals surface area contributed by atoms with Gasteiger partial charge in [0.05, 0.1) is 6.10 Å². The quantitative estimate of drug-likeness (QED) is 0.304. The molecule has 1 unspecified atom stereocenters. The minimum absolute atomic E-state index is 0.216. The number of rotatable bonds is 15. The fourth-order valence-electron chi connectivity index (χ4n) is 3.92. The van der Waals surface area contributed by atoms with E-state index in [0.717, 1.165) is 38.5 Å². The lowest BCUT2D eigenvalue weighted by molar-refractivity contribution is -0.154. The van der Waals surface area contributed by atoms with Gasteiger partial charge in [-0.25, -0.2) is 9.18 Å². The number of aliphatic carboxylic acids is 1. The van der Waals surface area contributed by atoms with E-state index in [9.17, 15) is 14.3 Å². The first kappa shape index (κ1) is 23.1. The van der Waals surface area contributed by atoms with Crippen molar-refractivity contribution in [3.05, 3.63) is 12.2 Å². The molecule has 0 aliphatic heterocycles. The van der Waals surface area contributed by atoms with Gasteiger partial charge in [0.15, 0.2) is 13.0 Å². The SMILES string of the molecule is CCCCCCC=C[C@H]1CC[C@H](O)[C@@H]1CCCCCC(OCF)C(=O)O. The molecule has 152 valence electrons. The molecule has 4 nitrogen and oxygen atoms in total. The third-order valence-electron chi connectivity index (χ3n) is 5.49. The van der Waals surface area contributed by atoms with Gasteiger partial charge in [0.25, 0.3) is 0 Å². The maximum atomic E-state index is 12.1. The fourth-order valence-corrected chi connectivity index (χ4v) is 3.92. The topological polar surface area (TPSA) is 66.8 Å². The molecule has 0 spiro atoms. The van der Waals surface area contributed by atoms with Gasteiger partial charge in [-0.05, 0) is 50.4 Å². The summed E-state index contributed by atoms with van der Waals surface area (Å²) < 4.78 is 16.7. The Bertz CT molecular complexity index is 399. The van der Waals surface area contributed by atoms with Crippen molar-refractivity contribution in [2.24, 2.45) is 11.8 Å². The Hall–Kier alpha value is -0.940. The summed E-state index contributed by atoms with van der Waals surface area (Å²) in [6.07, 6.45) is 15.4. The first-order valence-corrected chi connectivity index (χ1v) is 10.3. The average Bonchev–Trinajstić information content (AvgIpc) is 2.96. The second kappa shape index (κ2) is 14.2. The zero-order chi connectivity index (χ0) is 19.2. The lowest BCUT2D eigenvalue weighted by atomic mass is 9.88. The predicted octanol–water partition coefficient (Wildman–Crippen LogP) is 5.25. The first-order valence-electron chi connectivity index (χ1n) is 10.3. The lowest BCUT2D eigenvalue weighted by Crippen LogP contribution is -2.23. The highest BCUT2D eigenvalue weighted by Gasteiger charge is 2.32. The van der Waals surface area contributed by atoms with Crippen LogP contribution in [-0.2, 0) is 9.53 Å². The fraction of sp³-hybridized carbons (Fsp3) is 0.857. The van der Waals surface area contributed by atoms with Gasteiger partial charge in [0.2, 0.25) is 0 Å². The van der Waals surface area contributed by atoms with E-state index in [1.165, 1.54) is 25.7 Å². The summed E-state index contributed by atoms with van der Waals surface area (Å²) in [5.74, 6) is -0.310. The highest BCUT2D eigenvalue weighted by Crippen LogP contribution is 2.36. The molecule has 4 atom stereocenters. The van der Waals surface area contributed by atoms with Crippen LogP contribution < -0.4 is 0 Å². The standard InChI is InChI=1S/C21H37FO4/c1-2-3-4-5-6-8-11-17-14-15-19(23)18(17)12-9-7-10-13-20(21(24)25)26-16-22/h8,11,17-20,23H,2-7,9-10,12-16H2,1H3,(H,24,25)/t17-,18+,19-,20?/m0/s1. The number of aliphatic hydroxyl groups is 1. The highest BCUT2D eigenvalue weighted by atomic mass is 19.1. The third kappa shape index (κ3) is 9.13. The molecule has 0 bridgehead atoms. The largest absolute Gasteiger partial charge is 0.479 e. The molecular weight excluding hydrogens is 335 g/mol. The Labute approximate surface area is 157 Å². The zero-order valence-electron chi connectivity index (χ0n) is 16.2. The Morgan fingerprint density at radius 3 is 2.65 bits per heavy atom. The second-order valence-corrected chi connectivity index (χ2v) is 7.49. The van der Waals surface area contributed by atoms with Crippen LogP contribution in [0.5, 0.6) is 0 Å². The van der Waals surface area contributed by atoms with E-state index in [1.54, 1.807) is 0 Å². The van der Waals surface area contributed by atoms with Crippen LogP contribution in [-0.4, -0.2) is 35.3 Å². The number of halogens is 1. The van der Waals surface area contributed by atoms with Gasteiger partial charge >= 0.3 is 5.97 Å². The smallest absolute Gasteiger partial charge is 0.332 e. The summed E-state index contributed by atoms with van der Waals surface area (Å²) in [7, 11) is 0. The summed E-state index contributed by atoms with van der Waals surface area (Å²) in [5.41, 5.74) is 0. The summed E-state index contributed by atoms with van der Waals surface area (Å²) in [5, 5.41) is 19.2. The number of aliphatic hydroxyl groups excluding tert-OH is 1. The Morgan fingerprint density at radius 2 is 1.96 bits per heavy atom. The Kier molecular flexibility index (Phi) is 12.6. The molecule has 1 fully saturated rings. The number of hydrogen-bond acceptors (Lipinski definition) is 3. The number of carboxylic acids is 1. The van der Waals surface area contributed by atoms with Crippen LogP contribution in [0.25, 0.3) is 0 Å². The molecule has 0 aromatic carbocycles. The van der Waals surface area contributed by atoms with E-state index in [4.69, 9.17) is 5.11 Å². The number of unbranched alkanes of at least 4 members (excludes halogenated alkanes) is 6. The maximum absolute atomic E-state index is 12.1. The third-order valence-corrected chi connectivity index (χ3v) is 5.49. The predicted molar refractivity (Wildman–Crippen MR) is 102 cm³/mol. The van der Waals surface area contributed by atoms with Crippen LogP contribution in [0.2, 0.25) is 0 Å². The Balaban J connectivity index is 2.24. The summed E-state index contributed by atoms with van der Waals surface area (Å²) >= 11 is 0. The van der Waals surface area contributed by atoms with Crippen molar-refractivity contribution in [2.75, 3.05) is 6.86 Å². The lowest BCUT2D eigenvalue weighted by Gasteiger charge is -2.20. The molecular formula is C21H37FO4. The minimum atomic E-state index is -1.10. The van der Waals surface area contributed by atoms with Crippen LogP contribution in [0.4, 0.5) is 4.39 Å². The number of allylic oxidation sites excluding steroid dienone is 2. The van der Waals surface area contributed by atoms with Gasteiger partial charge in [-0.15, -0.1) is 0 Å². The maximum Gasteiger partial charge on any atom is 0.332 e. The van der Waals surface area contributed by atoms with Gasteiger partial charge in [-0.1, -0.05) is 57.6 Å². The normalized spacial score (nSPS) is 24.3. The Morgan fingerprint density at radius 1 is 1.19 bits per heavy atom. The molecule has 0 saturated heterocycles. The van der Waals surface area contributed by atoms with Crippen LogP contribution in [0.1, 0.15) is 84.0 Å². The monoisotopic (exact) mass is 372 g/mol. The van der Waals surface area contributed by atoms with Crippen molar-refractivity contribution < 1.29 is 24.1 Å². The van der Waals surface area contributed by atoms with Gasteiger partial charge in [0.1, 0.15) is 0 Å². The second-order valence-electron chi connectivity index (χ2n) is 7.49. The zero-order valence-corrected chi connectivity index (χ0v) is 16.2. The van der Waals surface area contributed by atoms with Crippen molar-refractivity contribution >= 4 is 5.97 Å². The average molecular weight is 373 g/mol. The van der Waals surface area contributed by atoms with E-state index in [-0.39, 0.29) is 6.10 Å². The van der Waals surface area contributed by atoms with E-state index in [1.807, 2.05) is 0 Å². The molecule has 0 radical (unpaired) electrons. The summed E-state index contributed by atoms with van der Waals surface area (Å²) in [6, 6.07) is 0. The molecule has 1 aliphatic carbocycles. The summed E-state index contributed by atoms with van der Waals surface area (Å²) in [6.45, 7) is 1.16. The van der Waals surface area contributed by atoms with Crippen molar-refractivity contribution in [3.63, 3.8) is 0 Å². The first-order chi connectivity index (χ1) is 12.6. The molecule has 0 amide bonds. The molecule has 2 N–H and O–H groups in total. The van der Waals surface area contributed by atoms with Crippen molar-refractivity contribution in [2.45, 2.75) is 96.2 Å². The van der Waals surface area contributed by atoms with Gasteiger partial charge < -0.3 is 14.9 Å². The van der Waals surface area contributed by atoms with Crippen LogP contribution >= 0.6 is 0 Å². The number of carboxylic acid groups (broad SMARTS) is 1. The van der Waals surface area contributed by atoms with Gasteiger partial charge in [-0.2, -0.15) is 0 Å². The van der Waals surface area contributed by atoms with E-state index in [0.29, 0.717) is 24.7 Å². The minimum Gasteiger partial charge on any atom is -0.479 e. The molecule has 26 heavy (non-hydrogen) atoms. The number of alkyl halides is 1. The molecule has 1 rings (SSSR count). The van der Waals surface area contributed by atoms with Crippen LogP contribution in [0.15, 0.2) is 12.2 Å². The molecule has 0 aromatic rings. The van der Waals surface area contributed by atoms with Crippen molar-refractivity contribution in [3.8, 4) is 0 Å². The van der Waals surface area contributed by atoms with E-state index >= 15 is 0 Å². The van der Waals surface area contributed by atoms with Crippen molar-refractivity contribution in [1.82, 2.24) is 0 Å². The highest BCUT2D eigenvalue weighted by molar-refractivity contribution is 5.72. The molecule has 5 heteroatoms. The number of ether oxygens (including phenoxy) is 1. The summed E-state index contributed by atoms with van der Waals surface area (Å²) in [4.78, 5) is 10.9. The van der Waals surface area contributed by atoms with E-state index < -0.39 is 18.9 Å². The van der Waals surface area contributed by atoms with Gasteiger partial charge in [-0.3, -0.25) is 0 Å². The molecule has 1 saturated carbocycles. The number of carbonyl (C=O) groups is 1. The van der Waals surface area contributed by atoms with Crippen LogP contribution in [0.3, 0.4) is 0 Å². The van der Waals surface area contributed by atoms with Crippen LogP contribution in [0, 0.1) is 11.8 Å². The molecule has 0 aromatic heterocycles.